The number of hydrogen-bond acceptors (Lipinski definition) is 7. The molecule has 2 atom stereocenters. The zero-order valence-electron chi connectivity index (χ0n) is 15.2. The highest BCUT2D eigenvalue weighted by Gasteiger charge is 2.34. The van der Waals surface area contributed by atoms with E-state index in [2.05, 4.69) is 5.32 Å². The number of benzene rings is 1. The number of aromatic hydroxyl groups is 1. The van der Waals surface area contributed by atoms with E-state index in [1.807, 2.05) is 0 Å². The Labute approximate surface area is 152 Å². The average Bonchev–Trinajstić information content (AvgIpc) is 3.00. The number of phenols is 1. The number of nitrogens with zero attached hydrogens (tertiary/aromatic N) is 1. The fraction of sp³-hybridized carbons (Fsp3) is 0.562. The molecule has 1 fully saturated rings. The van der Waals surface area contributed by atoms with Crippen molar-refractivity contribution in [3.05, 3.63) is 17.7 Å². The van der Waals surface area contributed by atoms with Crippen LogP contribution in [0.3, 0.4) is 0 Å². The minimum absolute atomic E-state index is 0.101. The van der Waals surface area contributed by atoms with Gasteiger partial charge in [-0.05, 0) is 12.1 Å². The second-order valence-corrected chi connectivity index (χ2v) is 8.40. The lowest BCUT2D eigenvalue weighted by Crippen LogP contribution is -2.43. The smallest absolute Gasteiger partial charge is 0.251 e. The molecule has 2 N–H and O–H groups in total. The highest BCUT2D eigenvalue weighted by Crippen LogP contribution is 2.37. The van der Waals surface area contributed by atoms with Gasteiger partial charge in [-0.2, -0.15) is 0 Å². The summed E-state index contributed by atoms with van der Waals surface area (Å²) < 4.78 is 40.8. The molecule has 26 heavy (non-hydrogen) atoms. The van der Waals surface area contributed by atoms with Crippen LogP contribution < -0.4 is 14.8 Å². The number of carbonyl (C=O) groups excluding carboxylic acids is 1. The van der Waals surface area contributed by atoms with Gasteiger partial charge in [0.25, 0.3) is 5.91 Å². The number of nitrogens with one attached hydrogen (secondary N) is 1. The number of methoxy groups -OCH3 is 2. The first-order valence-corrected chi connectivity index (χ1v) is 9.54. The van der Waals surface area contributed by atoms with E-state index in [4.69, 9.17) is 14.2 Å². The van der Waals surface area contributed by atoms with Gasteiger partial charge in [0.2, 0.25) is 15.8 Å². The molecule has 9 nitrogen and oxygen atoms in total. The monoisotopic (exact) mass is 388 g/mol. The standard InChI is InChI=1S/C16H24N2O7S/c1-18(2)26(21,22)9-11-7-25-8-12(11)17-16(20)10-5-13(23-3)15(19)14(6-10)24-4/h5-6,11-12,19H,7-9H2,1-4H3,(H,17,20)/t11-,12+/m0/s1. The average molecular weight is 388 g/mol. The van der Waals surface area contributed by atoms with Gasteiger partial charge in [-0.1, -0.05) is 0 Å². The molecule has 1 aliphatic heterocycles. The molecule has 1 heterocycles. The third-order valence-electron chi connectivity index (χ3n) is 4.24. The van der Waals surface area contributed by atoms with Crippen LogP contribution in [0.25, 0.3) is 0 Å². The predicted octanol–water partition coefficient (Wildman–Crippen LogP) is 0.0456. The van der Waals surface area contributed by atoms with Crippen molar-refractivity contribution >= 4 is 15.9 Å². The first kappa shape index (κ1) is 20.3. The second kappa shape index (κ2) is 8.11. The van der Waals surface area contributed by atoms with Crippen LogP contribution >= 0.6 is 0 Å². The Kier molecular flexibility index (Phi) is 6.32. The van der Waals surface area contributed by atoms with E-state index < -0.39 is 22.0 Å². The summed E-state index contributed by atoms with van der Waals surface area (Å²) in [7, 11) is 2.25. The molecule has 0 unspecified atom stereocenters. The summed E-state index contributed by atoms with van der Waals surface area (Å²) in [5.41, 5.74) is 0.220. The highest BCUT2D eigenvalue weighted by molar-refractivity contribution is 7.89. The molecule has 1 aromatic rings. The Morgan fingerprint density at radius 2 is 1.85 bits per heavy atom. The molecular weight excluding hydrogens is 364 g/mol. The molecule has 0 aromatic heterocycles. The van der Waals surface area contributed by atoms with E-state index in [0.29, 0.717) is 0 Å². The first-order valence-electron chi connectivity index (χ1n) is 7.93. The summed E-state index contributed by atoms with van der Waals surface area (Å²) in [5.74, 6) is -0.914. The minimum atomic E-state index is -3.41. The third-order valence-corrected chi connectivity index (χ3v) is 6.20. The van der Waals surface area contributed by atoms with Crippen molar-refractivity contribution in [1.82, 2.24) is 9.62 Å². The maximum Gasteiger partial charge on any atom is 0.251 e. The molecule has 0 radical (unpaired) electrons. The molecule has 0 spiro atoms. The minimum Gasteiger partial charge on any atom is -0.502 e. The summed E-state index contributed by atoms with van der Waals surface area (Å²) in [6.07, 6.45) is 0. The fourth-order valence-corrected chi connectivity index (χ4v) is 3.79. The van der Waals surface area contributed by atoms with Crippen LogP contribution in [0.5, 0.6) is 17.2 Å². The Morgan fingerprint density at radius 3 is 2.35 bits per heavy atom. The molecule has 0 bridgehead atoms. The van der Waals surface area contributed by atoms with Gasteiger partial charge in [0.15, 0.2) is 11.5 Å². The van der Waals surface area contributed by atoms with Gasteiger partial charge in [-0.15, -0.1) is 0 Å². The molecule has 1 amide bonds. The normalized spacial score (nSPS) is 20.2. The van der Waals surface area contributed by atoms with Crippen molar-refractivity contribution in [3.63, 3.8) is 0 Å². The largest absolute Gasteiger partial charge is 0.502 e. The summed E-state index contributed by atoms with van der Waals surface area (Å²) in [6, 6.07) is 2.33. The quantitative estimate of drug-likeness (QED) is 0.678. The lowest BCUT2D eigenvalue weighted by atomic mass is 10.1. The summed E-state index contributed by atoms with van der Waals surface area (Å²) in [4.78, 5) is 12.6. The van der Waals surface area contributed by atoms with Gasteiger partial charge in [0.05, 0.1) is 39.2 Å². The topological polar surface area (TPSA) is 114 Å². The molecule has 146 valence electrons. The van der Waals surface area contributed by atoms with E-state index in [-0.39, 0.29) is 47.7 Å². The van der Waals surface area contributed by atoms with Crippen LogP contribution in [0.2, 0.25) is 0 Å². The number of phenolic OH excluding ortho intramolecular Hbond substituents is 1. The molecule has 1 aliphatic rings. The predicted molar refractivity (Wildman–Crippen MR) is 94.2 cm³/mol. The Bertz CT molecular complexity index is 739. The maximum atomic E-state index is 12.6. The molecule has 10 heteroatoms. The van der Waals surface area contributed by atoms with Crippen molar-refractivity contribution in [1.29, 1.82) is 0 Å². The zero-order valence-corrected chi connectivity index (χ0v) is 16.0. The Morgan fingerprint density at radius 1 is 1.27 bits per heavy atom. The number of ether oxygens (including phenoxy) is 3. The van der Waals surface area contributed by atoms with Crippen molar-refractivity contribution in [2.45, 2.75) is 6.04 Å². The van der Waals surface area contributed by atoms with Crippen LogP contribution in [0, 0.1) is 5.92 Å². The van der Waals surface area contributed by atoms with Crippen LogP contribution in [0.15, 0.2) is 12.1 Å². The fourth-order valence-electron chi connectivity index (χ4n) is 2.62. The Hall–Kier alpha value is -2.04. The van der Waals surface area contributed by atoms with Gasteiger partial charge in [0.1, 0.15) is 0 Å². The molecule has 2 rings (SSSR count). The van der Waals surface area contributed by atoms with Crippen LogP contribution in [0.4, 0.5) is 0 Å². The van der Waals surface area contributed by atoms with E-state index >= 15 is 0 Å². The van der Waals surface area contributed by atoms with Crippen LogP contribution in [-0.2, 0) is 14.8 Å². The van der Waals surface area contributed by atoms with Gasteiger partial charge in [-0.25, -0.2) is 12.7 Å². The Balaban J connectivity index is 2.16. The number of carbonyl (C=O) groups is 1. The first-order chi connectivity index (χ1) is 12.2. The van der Waals surface area contributed by atoms with Crippen LogP contribution in [-0.4, -0.2) is 77.1 Å². The van der Waals surface area contributed by atoms with Crippen molar-refractivity contribution in [2.75, 3.05) is 47.3 Å². The van der Waals surface area contributed by atoms with Gasteiger partial charge in [-0.3, -0.25) is 4.79 Å². The lowest BCUT2D eigenvalue weighted by molar-refractivity contribution is 0.0925. The number of sulfonamides is 1. The summed E-state index contributed by atoms with van der Waals surface area (Å²) in [5, 5.41) is 12.7. The second-order valence-electron chi connectivity index (χ2n) is 6.17. The highest BCUT2D eigenvalue weighted by atomic mass is 32.2. The molecular formula is C16H24N2O7S. The number of amides is 1. The molecule has 1 saturated heterocycles. The SMILES string of the molecule is COc1cc(C(=O)N[C@@H]2COC[C@H]2CS(=O)(=O)N(C)C)cc(OC)c1O. The third kappa shape index (κ3) is 4.37. The van der Waals surface area contributed by atoms with Crippen molar-refractivity contribution in [3.8, 4) is 17.2 Å². The lowest BCUT2D eigenvalue weighted by Gasteiger charge is -2.21. The zero-order chi connectivity index (χ0) is 19.5. The summed E-state index contributed by atoms with van der Waals surface area (Å²) >= 11 is 0. The van der Waals surface area contributed by atoms with Gasteiger partial charge in [0, 0.05) is 25.6 Å². The molecule has 1 aromatic carbocycles. The number of hydrogen-bond donors (Lipinski definition) is 2. The van der Waals surface area contributed by atoms with E-state index in [1.54, 1.807) is 0 Å². The summed E-state index contributed by atoms with van der Waals surface area (Å²) in [6.45, 7) is 0.478. The maximum absolute atomic E-state index is 12.6. The van der Waals surface area contributed by atoms with E-state index in [9.17, 15) is 18.3 Å². The van der Waals surface area contributed by atoms with E-state index in [1.165, 1.54) is 40.4 Å². The van der Waals surface area contributed by atoms with Crippen molar-refractivity contribution in [2.24, 2.45) is 5.92 Å². The van der Waals surface area contributed by atoms with E-state index in [0.717, 1.165) is 4.31 Å². The molecule has 0 aliphatic carbocycles. The van der Waals surface area contributed by atoms with Crippen LogP contribution in [0.1, 0.15) is 10.4 Å². The van der Waals surface area contributed by atoms with Crippen molar-refractivity contribution < 1.29 is 32.5 Å². The number of rotatable bonds is 7. The van der Waals surface area contributed by atoms with Gasteiger partial charge < -0.3 is 24.6 Å². The molecule has 0 saturated carbocycles. The van der Waals surface area contributed by atoms with Gasteiger partial charge >= 0.3 is 0 Å².